The molecule has 1 aliphatic rings. The van der Waals surface area contributed by atoms with E-state index < -0.39 is 0 Å². The van der Waals surface area contributed by atoms with Gasteiger partial charge in [0.2, 0.25) is 0 Å². The van der Waals surface area contributed by atoms with E-state index in [1.807, 2.05) is 0 Å². The molecule has 1 aliphatic carbocycles. The van der Waals surface area contributed by atoms with Crippen LogP contribution in [0.15, 0.2) is 0 Å². The highest BCUT2D eigenvalue weighted by Crippen LogP contribution is 2.25. The Bertz CT molecular complexity index is 272. The quantitative estimate of drug-likeness (QED) is 0.329. The predicted molar refractivity (Wildman–Crippen MR) is 114 cm³/mol. The standard InChI is InChI=1S/C10H23N2.C10H25N2.ClH/c1-3-12(11,4-2)10-8-6-5-7-9-10;1-5-8-12(11-4,9-6-2)10-7-3;/h10H,3-9,11H2,1-2H3;11H,5-10H2,1-4H3;1H/q2*+1;. The summed E-state index contributed by atoms with van der Waals surface area (Å²) in [6.07, 6.45) is 10.7. The summed E-state index contributed by atoms with van der Waals surface area (Å²) < 4.78 is 1.91. The van der Waals surface area contributed by atoms with Crippen molar-refractivity contribution >= 4 is 12.4 Å². The number of quaternary nitrogens is 2. The maximum Gasteiger partial charge on any atom is 0.106 e. The van der Waals surface area contributed by atoms with Crippen LogP contribution in [0, 0.1) is 0 Å². The van der Waals surface area contributed by atoms with Crippen LogP contribution in [-0.4, -0.2) is 55.0 Å². The van der Waals surface area contributed by atoms with E-state index >= 15 is 0 Å². The molecular formula is C20H49ClN4+2. The van der Waals surface area contributed by atoms with Gasteiger partial charge in [-0.05, 0) is 46.0 Å². The summed E-state index contributed by atoms with van der Waals surface area (Å²) in [5.74, 6) is 6.31. The summed E-state index contributed by atoms with van der Waals surface area (Å²) in [6, 6.07) is 0.744. The maximum absolute atomic E-state index is 6.31. The second-order valence-electron chi connectivity index (χ2n) is 7.57. The number of hydrogen-bond acceptors (Lipinski definition) is 2. The van der Waals surface area contributed by atoms with E-state index in [9.17, 15) is 0 Å². The molecule has 0 saturated heterocycles. The van der Waals surface area contributed by atoms with Crippen LogP contribution in [-0.2, 0) is 0 Å². The van der Waals surface area contributed by atoms with Gasteiger partial charge in [-0.1, -0.05) is 27.2 Å². The first-order chi connectivity index (χ1) is 11.5. The molecule has 0 bridgehead atoms. The second kappa shape index (κ2) is 15.2. The topological polar surface area (TPSA) is 38.0 Å². The van der Waals surface area contributed by atoms with Crippen molar-refractivity contribution in [2.75, 3.05) is 39.8 Å². The smallest absolute Gasteiger partial charge is 0.106 e. The number of nitrogens with zero attached hydrogens (tertiary/aromatic N) is 2. The van der Waals surface area contributed by atoms with Gasteiger partial charge in [-0.2, -0.15) is 11.3 Å². The SMILES string of the molecule is CCC[N+](CCC)(CCC)NC.CC[N+](N)(CC)C1CCCCC1.Cl. The fraction of sp³-hybridized carbons (Fsp3) is 1.00. The van der Waals surface area contributed by atoms with Crippen molar-refractivity contribution in [1.29, 1.82) is 0 Å². The molecule has 0 atom stereocenters. The van der Waals surface area contributed by atoms with Crippen molar-refractivity contribution in [1.82, 2.24) is 5.43 Å². The number of halogens is 1. The van der Waals surface area contributed by atoms with Gasteiger partial charge in [0.25, 0.3) is 0 Å². The van der Waals surface area contributed by atoms with Gasteiger partial charge in [-0.25, -0.2) is 9.18 Å². The van der Waals surface area contributed by atoms with Crippen molar-refractivity contribution in [3.63, 3.8) is 0 Å². The van der Waals surface area contributed by atoms with Crippen LogP contribution in [0.25, 0.3) is 0 Å². The molecule has 25 heavy (non-hydrogen) atoms. The third-order valence-electron chi connectivity index (χ3n) is 5.91. The van der Waals surface area contributed by atoms with Crippen LogP contribution in [0.4, 0.5) is 0 Å². The van der Waals surface area contributed by atoms with Gasteiger partial charge >= 0.3 is 0 Å². The normalized spacial score (nSPS) is 16.0. The van der Waals surface area contributed by atoms with Gasteiger partial charge in [0.05, 0.1) is 32.7 Å². The third kappa shape index (κ3) is 9.58. The van der Waals surface area contributed by atoms with Gasteiger partial charge in [0.1, 0.15) is 6.04 Å². The van der Waals surface area contributed by atoms with E-state index in [1.165, 1.54) is 71.0 Å². The average Bonchev–Trinajstić information content (AvgIpc) is 2.63. The number of nitrogens with two attached hydrogens (primary N) is 1. The maximum atomic E-state index is 6.31. The van der Waals surface area contributed by atoms with E-state index in [2.05, 4.69) is 47.1 Å². The van der Waals surface area contributed by atoms with Crippen molar-refractivity contribution < 1.29 is 9.18 Å². The Balaban J connectivity index is 0. The van der Waals surface area contributed by atoms with Gasteiger partial charge in [-0.3, -0.25) is 0 Å². The molecule has 1 rings (SSSR count). The molecule has 5 heteroatoms. The summed E-state index contributed by atoms with van der Waals surface area (Å²) in [6.45, 7) is 17.1. The van der Waals surface area contributed by atoms with Crippen LogP contribution in [0.2, 0.25) is 0 Å². The first-order valence-corrected chi connectivity index (χ1v) is 10.7. The van der Waals surface area contributed by atoms with Gasteiger partial charge in [0, 0.05) is 19.9 Å². The summed E-state index contributed by atoms with van der Waals surface area (Å²) >= 11 is 0. The molecule has 0 aromatic rings. The van der Waals surface area contributed by atoms with Crippen molar-refractivity contribution in [3.8, 4) is 0 Å². The van der Waals surface area contributed by atoms with Crippen molar-refractivity contribution in [2.45, 2.75) is 92.0 Å². The fourth-order valence-electron chi connectivity index (χ4n) is 4.29. The molecule has 154 valence electrons. The Kier molecular flexibility index (Phi) is 16.6. The third-order valence-corrected chi connectivity index (χ3v) is 5.91. The molecule has 0 heterocycles. The summed E-state index contributed by atoms with van der Waals surface area (Å²) in [5.41, 5.74) is 3.46. The van der Waals surface area contributed by atoms with Crippen LogP contribution in [0.1, 0.15) is 86.0 Å². The minimum absolute atomic E-state index is 0. The van der Waals surface area contributed by atoms with E-state index in [0.717, 1.165) is 28.3 Å². The fourth-order valence-corrected chi connectivity index (χ4v) is 4.29. The number of nitrogens with one attached hydrogen (secondary N) is 1. The van der Waals surface area contributed by atoms with E-state index in [4.69, 9.17) is 5.84 Å². The second-order valence-corrected chi connectivity index (χ2v) is 7.57. The Morgan fingerprint density at radius 3 is 1.48 bits per heavy atom. The van der Waals surface area contributed by atoms with Gasteiger partial charge in [-0.15, -0.1) is 12.4 Å². The van der Waals surface area contributed by atoms with Gasteiger partial charge in [0.15, 0.2) is 0 Å². The van der Waals surface area contributed by atoms with E-state index in [0.29, 0.717) is 0 Å². The van der Waals surface area contributed by atoms with Crippen molar-refractivity contribution in [3.05, 3.63) is 0 Å². The molecule has 0 spiro atoms. The number of rotatable bonds is 10. The first-order valence-electron chi connectivity index (χ1n) is 10.7. The molecule has 0 aromatic carbocycles. The minimum atomic E-state index is 0. The van der Waals surface area contributed by atoms with Crippen molar-refractivity contribution in [2.24, 2.45) is 5.84 Å². The largest absolute Gasteiger partial charge is 0.246 e. The first kappa shape index (κ1) is 27.3. The molecule has 4 nitrogen and oxygen atoms in total. The Morgan fingerprint density at radius 1 is 0.800 bits per heavy atom. The van der Waals surface area contributed by atoms with E-state index in [-0.39, 0.29) is 12.4 Å². The molecule has 0 aromatic heterocycles. The molecule has 0 radical (unpaired) electrons. The molecule has 3 N–H and O–H groups in total. The Hall–Kier alpha value is 0.130. The molecule has 1 saturated carbocycles. The Morgan fingerprint density at radius 2 is 1.20 bits per heavy atom. The summed E-state index contributed by atoms with van der Waals surface area (Å²) in [7, 11) is 2.08. The zero-order valence-electron chi connectivity index (χ0n) is 18.1. The lowest BCUT2D eigenvalue weighted by Gasteiger charge is -2.40. The highest BCUT2D eigenvalue weighted by atomic mass is 35.5. The van der Waals surface area contributed by atoms with Crippen LogP contribution < -0.4 is 11.3 Å². The lowest BCUT2D eigenvalue weighted by Crippen LogP contribution is -2.61. The van der Waals surface area contributed by atoms with Crippen LogP contribution >= 0.6 is 12.4 Å². The molecule has 0 unspecified atom stereocenters. The highest BCUT2D eigenvalue weighted by Gasteiger charge is 2.31. The van der Waals surface area contributed by atoms with E-state index in [1.54, 1.807) is 0 Å². The number of hydrogen-bond donors (Lipinski definition) is 2. The average molecular weight is 381 g/mol. The monoisotopic (exact) mass is 380 g/mol. The van der Waals surface area contributed by atoms with Gasteiger partial charge < -0.3 is 0 Å². The zero-order chi connectivity index (χ0) is 18.5. The Labute approximate surface area is 165 Å². The predicted octanol–water partition coefficient (Wildman–Crippen LogP) is 4.64. The zero-order valence-corrected chi connectivity index (χ0v) is 19.0. The molecule has 0 amide bonds. The molecule has 1 fully saturated rings. The minimum Gasteiger partial charge on any atom is -0.246 e. The molecule has 0 aliphatic heterocycles. The van der Waals surface area contributed by atoms with Crippen LogP contribution in [0.5, 0.6) is 0 Å². The summed E-state index contributed by atoms with van der Waals surface area (Å²) in [5, 5.41) is 0. The lowest BCUT2D eigenvalue weighted by molar-refractivity contribution is -0.967. The van der Waals surface area contributed by atoms with Crippen LogP contribution in [0.3, 0.4) is 0 Å². The highest BCUT2D eigenvalue weighted by molar-refractivity contribution is 5.85. The summed E-state index contributed by atoms with van der Waals surface area (Å²) in [4.78, 5) is 0. The molecular weight excluding hydrogens is 332 g/mol. The lowest BCUT2D eigenvalue weighted by atomic mass is 9.93.